The SMILES string of the molecule is COc1ccc2c(n1)CC(C(N)=O)C(=O)N2Cc1ccc(F)cc1. The average Bonchev–Trinajstić information content (AvgIpc) is 2.58. The predicted molar refractivity (Wildman–Crippen MR) is 84.8 cm³/mol. The van der Waals surface area contributed by atoms with E-state index in [0.717, 1.165) is 5.56 Å². The van der Waals surface area contributed by atoms with E-state index in [1.54, 1.807) is 24.3 Å². The molecular weight excluding hydrogens is 313 g/mol. The molecule has 1 aromatic heterocycles. The normalized spacial score (nSPS) is 16.7. The largest absolute Gasteiger partial charge is 0.481 e. The maximum Gasteiger partial charge on any atom is 0.240 e. The molecule has 0 radical (unpaired) electrons. The average molecular weight is 329 g/mol. The van der Waals surface area contributed by atoms with E-state index in [1.165, 1.54) is 24.1 Å². The van der Waals surface area contributed by atoms with Crippen molar-refractivity contribution in [3.63, 3.8) is 0 Å². The van der Waals surface area contributed by atoms with Gasteiger partial charge in [-0.25, -0.2) is 9.37 Å². The van der Waals surface area contributed by atoms with Crippen LogP contribution < -0.4 is 15.4 Å². The molecule has 0 bridgehead atoms. The summed E-state index contributed by atoms with van der Waals surface area (Å²) in [7, 11) is 1.49. The van der Waals surface area contributed by atoms with E-state index in [-0.39, 0.29) is 24.7 Å². The Labute approximate surface area is 138 Å². The minimum atomic E-state index is -0.974. The van der Waals surface area contributed by atoms with E-state index in [2.05, 4.69) is 4.98 Å². The fraction of sp³-hybridized carbons (Fsp3) is 0.235. The number of halogens is 1. The molecule has 1 aliphatic heterocycles. The maximum absolute atomic E-state index is 13.1. The Morgan fingerprint density at radius 3 is 2.67 bits per heavy atom. The molecule has 0 saturated heterocycles. The number of pyridine rings is 1. The number of primary amides is 1. The second kappa shape index (κ2) is 6.27. The van der Waals surface area contributed by atoms with Gasteiger partial charge in [0, 0.05) is 12.5 Å². The number of methoxy groups -OCH3 is 1. The van der Waals surface area contributed by atoms with Crippen molar-refractivity contribution >= 4 is 17.5 Å². The number of rotatable bonds is 4. The van der Waals surface area contributed by atoms with Crippen LogP contribution >= 0.6 is 0 Å². The first kappa shape index (κ1) is 15.9. The fourth-order valence-corrected chi connectivity index (χ4v) is 2.73. The van der Waals surface area contributed by atoms with E-state index >= 15 is 0 Å². The Kier molecular flexibility index (Phi) is 4.16. The number of amides is 2. The van der Waals surface area contributed by atoms with Crippen molar-refractivity contribution in [2.45, 2.75) is 13.0 Å². The predicted octanol–water partition coefficient (Wildman–Crippen LogP) is 1.42. The van der Waals surface area contributed by atoms with Crippen LogP contribution in [0.3, 0.4) is 0 Å². The van der Waals surface area contributed by atoms with Gasteiger partial charge in [-0.2, -0.15) is 0 Å². The highest BCUT2D eigenvalue weighted by Crippen LogP contribution is 2.32. The summed E-state index contributed by atoms with van der Waals surface area (Å²) in [5.74, 6) is -2.01. The number of hydrogen-bond acceptors (Lipinski definition) is 4. The molecule has 0 fully saturated rings. The second-order valence-corrected chi connectivity index (χ2v) is 5.53. The number of hydrogen-bond donors (Lipinski definition) is 1. The fourth-order valence-electron chi connectivity index (χ4n) is 2.73. The highest BCUT2D eigenvalue weighted by Gasteiger charge is 2.37. The number of nitrogens with two attached hydrogens (primary N) is 1. The van der Waals surface area contributed by atoms with E-state index in [1.807, 2.05) is 0 Å². The van der Waals surface area contributed by atoms with Crippen molar-refractivity contribution in [3.05, 3.63) is 53.5 Å². The molecular formula is C17H16FN3O3. The van der Waals surface area contributed by atoms with Gasteiger partial charge in [-0.05, 0) is 23.8 Å². The summed E-state index contributed by atoms with van der Waals surface area (Å²) >= 11 is 0. The Hall–Kier alpha value is -2.96. The molecule has 1 unspecified atom stereocenters. The van der Waals surface area contributed by atoms with Gasteiger partial charge in [0.1, 0.15) is 11.7 Å². The lowest BCUT2D eigenvalue weighted by atomic mass is 9.94. The number of ether oxygens (including phenoxy) is 1. The van der Waals surface area contributed by atoms with Crippen LogP contribution in [0, 0.1) is 11.7 Å². The zero-order valence-electron chi connectivity index (χ0n) is 13.0. The first-order valence-electron chi connectivity index (χ1n) is 7.38. The van der Waals surface area contributed by atoms with Gasteiger partial charge in [0.25, 0.3) is 0 Å². The van der Waals surface area contributed by atoms with Crippen LogP contribution in [-0.4, -0.2) is 23.9 Å². The molecule has 2 amide bonds. The van der Waals surface area contributed by atoms with Gasteiger partial charge in [0.05, 0.1) is 25.0 Å². The van der Waals surface area contributed by atoms with Gasteiger partial charge < -0.3 is 15.4 Å². The topological polar surface area (TPSA) is 85.5 Å². The van der Waals surface area contributed by atoms with Gasteiger partial charge in [0.15, 0.2) is 0 Å². The monoisotopic (exact) mass is 329 g/mol. The number of carbonyl (C=O) groups excluding carboxylic acids is 2. The number of carbonyl (C=O) groups is 2. The molecule has 124 valence electrons. The van der Waals surface area contributed by atoms with E-state index in [4.69, 9.17) is 10.5 Å². The molecule has 3 rings (SSSR count). The van der Waals surface area contributed by atoms with Gasteiger partial charge in [-0.3, -0.25) is 9.59 Å². The smallest absolute Gasteiger partial charge is 0.240 e. The Morgan fingerprint density at radius 2 is 2.04 bits per heavy atom. The Balaban J connectivity index is 2.00. The second-order valence-electron chi connectivity index (χ2n) is 5.53. The Bertz CT molecular complexity index is 792. The lowest BCUT2D eigenvalue weighted by Gasteiger charge is -2.32. The highest BCUT2D eigenvalue weighted by molar-refractivity contribution is 6.09. The number of aromatic nitrogens is 1. The highest BCUT2D eigenvalue weighted by atomic mass is 19.1. The third-order valence-corrected chi connectivity index (χ3v) is 3.98. The molecule has 2 N–H and O–H groups in total. The number of benzene rings is 1. The first-order chi connectivity index (χ1) is 11.5. The van der Waals surface area contributed by atoms with Crippen molar-refractivity contribution < 1.29 is 18.7 Å². The molecule has 1 aromatic carbocycles. The third kappa shape index (κ3) is 2.92. The standard InChI is InChI=1S/C17H16FN3O3/c1-24-15-7-6-14-13(20-15)8-12(16(19)22)17(23)21(14)9-10-2-4-11(18)5-3-10/h2-7,12H,8-9H2,1H3,(H2,19,22). The van der Waals surface area contributed by atoms with Gasteiger partial charge in [-0.1, -0.05) is 12.1 Å². The minimum Gasteiger partial charge on any atom is -0.481 e. The van der Waals surface area contributed by atoms with Crippen LogP contribution in [0.25, 0.3) is 0 Å². The molecule has 1 atom stereocenters. The van der Waals surface area contributed by atoms with Crippen LogP contribution in [0.2, 0.25) is 0 Å². The van der Waals surface area contributed by atoms with Crippen LogP contribution in [0.5, 0.6) is 5.88 Å². The number of anilines is 1. The molecule has 0 spiro atoms. The molecule has 7 heteroatoms. The summed E-state index contributed by atoms with van der Waals surface area (Å²) in [4.78, 5) is 30.1. The van der Waals surface area contributed by atoms with Crippen LogP contribution in [0.4, 0.5) is 10.1 Å². The molecule has 6 nitrogen and oxygen atoms in total. The molecule has 2 aromatic rings. The van der Waals surface area contributed by atoms with Crippen LogP contribution in [0.15, 0.2) is 36.4 Å². The zero-order chi connectivity index (χ0) is 17.3. The minimum absolute atomic E-state index is 0.140. The maximum atomic E-state index is 13.1. The lowest BCUT2D eigenvalue weighted by Crippen LogP contribution is -2.46. The molecule has 2 heterocycles. The Morgan fingerprint density at radius 1 is 1.33 bits per heavy atom. The van der Waals surface area contributed by atoms with Gasteiger partial charge >= 0.3 is 0 Å². The summed E-state index contributed by atoms with van der Waals surface area (Å²) in [5.41, 5.74) is 7.27. The van der Waals surface area contributed by atoms with Crippen molar-refractivity contribution in [1.29, 1.82) is 0 Å². The number of nitrogens with zero attached hydrogens (tertiary/aromatic N) is 2. The summed E-state index contributed by atoms with van der Waals surface area (Å²) < 4.78 is 18.2. The summed E-state index contributed by atoms with van der Waals surface area (Å²) in [6, 6.07) is 9.19. The lowest BCUT2D eigenvalue weighted by molar-refractivity contribution is -0.132. The summed E-state index contributed by atoms with van der Waals surface area (Å²) in [6.45, 7) is 0.198. The van der Waals surface area contributed by atoms with Crippen molar-refractivity contribution in [1.82, 2.24) is 4.98 Å². The van der Waals surface area contributed by atoms with Crippen LogP contribution in [0.1, 0.15) is 11.3 Å². The van der Waals surface area contributed by atoms with Gasteiger partial charge in [0.2, 0.25) is 17.7 Å². The molecule has 0 aliphatic carbocycles. The summed E-state index contributed by atoms with van der Waals surface area (Å²) in [5, 5.41) is 0. The molecule has 24 heavy (non-hydrogen) atoms. The summed E-state index contributed by atoms with van der Waals surface area (Å²) in [6.07, 6.45) is 0.140. The zero-order valence-corrected chi connectivity index (χ0v) is 13.0. The number of fused-ring (bicyclic) bond motifs is 1. The van der Waals surface area contributed by atoms with E-state index in [9.17, 15) is 14.0 Å². The van der Waals surface area contributed by atoms with Crippen molar-refractivity contribution in [2.24, 2.45) is 11.7 Å². The first-order valence-corrected chi connectivity index (χ1v) is 7.38. The third-order valence-electron chi connectivity index (χ3n) is 3.98. The van der Waals surface area contributed by atoms with Crippen molar-refractivity contribution in [3.8, 4) is 5.88 Å². The van der Waals surface area contributed by atoms with Crippen molar-refractivity contribution in [2.75, 3.05) is 12.0 Å². The van der Waals surface area contributed by atoms with E-state index in [0.29, 0.717) is 17.3 Å². The quantitative estimate of drug-likeness (QED) is 0.860. The van der Waals surface area contributed by atoms with Crippen LogP contribution in [-0.2, 0) is 22.6 Å². The molecule has 0 saturated carbocycles. The van der Waals surface area contributed by atoms with E-state index < -0.39 is 11.8 Å². The molecule has 1 aliphatic rings. The van der Waals surface area contributed by atoms with Gasteiger partial charge in [-0.15, -0.1) is 0 Å².